The Kier molecular flexibility index (Phi) is 7.92. The molecule has 0 atom stereocenters. The SMILES string of the molecule is O=C(c1ccc(NS(=O)(=O)c2cccc3ccccc23)cc1)N1CCN(C(=S)SCc2cccnc2)CC1. The van der Waals surface area contributed by atoms with Crippen LogP contribution < -0.4 is 4.72 Å². The number of rotatable bonds is 6. The number of nitrogens with zero attached hydrogens (tertiary/aromatic N) is 3. The number of pyridine rings is 1. The first kappa shape index (κ1) is 26.1. The second-order valence-electron chi connectivity index (χ2n) is 8.86. The van der Waals surface area contributed by atoms with E-state index in [0.717, 1.165) is 21.0 Å². The molecule has 1 saturated heterocycles. The molecule has 5 rings (SSSR count). The highest BCUT2D eigenvalue weighted by Gasteiger charge is 2.24. The summed E-state index contributed by atoms with van der Waals surface area (Å²) >= 11 is 7.20. The number of thioether (sulfide) groups is 1. The summed E-state index contributed by atoms with van der Waals surface area (Å²) in [4.78, 5) is 21.4. The molecule has 0 unspecified atom stereocenters. The lowest BCUT2D eigenvalue weighted by atomic mass is 10.1. The third-order valence-electron chi connectivity index (χ3n) is 6.33. The summed E-state index contributed by atoms with van der Waals surface area (Å²) in [5.41, 5.74) is 2.03. The van der Waals surface area contributed by atoms with Gasteiger partial charge in [0.15, 0.2) is 0 Å². The van der Waals surface area contributed by atoms with Gasteiger partial charge in [0, 0.05) is 61.0 Å². The maximum atomic E-state index is 13.1. The van der Waals surface area contributed by atoms with Gasteiger partial charge < -0.3 is 9.80 Å². The first-order valence-corrected chi connectivity index (χ1v) is 15.0. The molecule has 0 saturated carbocycles. The van der Waals surface area contributed by atoms with Crippen LogP contribution in [0.3, 0.4) is 0 Å². The molecule has 1 fully saturated rings. The summed E-state index contributed by atoms with van der Waals surface area (Å²) in [6.45, 7) is 2.49. The second-order valence-corrected chi connectivity index (χ2v) is 12.1. The number of benzene rings is 3. The van der Waals surface area contributed by atoms with Gasteiger partial charge in [0.1, 0.15) is 4.32 Å². The van der Waals surface area contributed by atoms with Crippen molar-refractivity contribution in [3.05, 3.63) is 102 Å². The Morgan fingerprint density at radius 2 is 1.61 bits per heavy atom. The zero-order valence-electron chi connectivity index (χ0n) is 20.5. The molecule has 1 aromatic heterocycles. The van der Waals surface area contributed by atoms with Crippen molar-refractivity contribution >= 4 is 60.7 Å². The quantitative estimate of drug-likeness (QED) is 0.331. The predicted octanol–water partition coefficient (Wildman–Crippen LogP) is 5.01. The minimum Gasteiger partial charge on any atom is -0.354 e. The normalized spacial score (nSPS) is 13.9. The zero-order chi connectivity index (χ0) is 26.5. The van der Waals surface area contributed by atoms with Crippen LogP contribution in [0.15, 0.2) is 96.2 Å². The third kappa shape index (κ3) is 5.98. The Morgan fingerprint density at radius 1 is 0.895 bits per heavy atom. The fourth-order valence-corrected chi connectivity index (χ4v) is 6.79. The summed E-state index contributed by atoms with van der Waals surface area (Å²) in [5.74, 6) is 0.685. The average molecular weight is 563 g/mol. The molecule has 194 valence electrons. The number of sulfonamides is 1. The number of hydrogen-bond acceptors (Lipinski definition) is 6. The van der Waals surface area contributed by atoms with Crippen LogP contribution in [0, 0.1) is 0 Å². The molecule has 0 bridgehead atoms. The minimum atomic E-state index is -3.80. The van der Waals surface area contributed by atoms with E-state index in [9.17, 15) is 13.2 Å². The number of carbonyl (C=O) groups excluding carboxylic acids is 1. The highest BCUT2D eigenvalue weighted by Crippen LogP contribution is 2.25. The number of piperazine rings is 1. The van der Waals surface area contributed by atoms with Crippen molar-refractivity contribution < 1.29 is 13.2 Å². The van der Waals surface area contributed by atoms with Gasteiger partial charge >= 0.3 is 0 Å². The van der Waals surface area contributed by atoms with Gasteiger partial charge in [-0.2, -0.15) is 0 Å². The Bertz CT molecular complexity index is 1550. The fraction of sp³-hybridized carbons (Fsp3) is 0.179. The van der Waals surface area contributed by atoms with Crippen molar-refractivity contribution in [2.75, 3.05) is 30.9 Å². The molecule has 7 nitrogen and oxygen atoms in total. The average Bonchev–Trinajstić information content (AvgIpc) is 2.96. The number of carbonyl (C=O) groups is 1. The van der Waals surface area contributed by atoms with Gasteiger partial charge in [-0.05, 0) is 47.3 Å². The molecule has 0 spiro atoms. The summed E-state index contributed by atoms with van der Waals surface area (Å²) < 4.78 is 29.6. The molecule has 38 heavy (non-hydrogen) atoms. The lowest BCUT2D eigenvalue weighted by molar-refractivity contribution is 0.0695. The molecule has 1 N–H and O–H groups in total. The van der Waals surface area contributed by atoms with E-state index in [4.69, 9.17) is 12.2 Å². The van der Waals surface area contributed by atoms with E-state index < -0.39 is 10.0 Å². The van der Waals surface area contributed by atoms with Crippen LogP contribution in [0.5, 0.6) is 0 Å². The predicted molar refractivity (Wildman–Crippen MR) is 157 cm³/mol. The van der Waals surface area contributed by atoms with E-state index in [1.165, 1.54) is 0 Å². The number of nitrogens with one attached hydrogen (secondary N) is 1. The standard InChI is InChI=1S/C28H26N4O3S3/c33-27(31-15-17-32(18-16-31)28(36)37-20-21-5-4-14-29-19-21)23-10-12-24(13-11-23)30-38(34,35)26-9-3-7-22-6-1-2-8-25(22)26/h1-14,19,30H,15-18,20H2. The highest BCUT2D eigenvalue weighted by atomic mass is 32.2. The lowest BCUT2D eigenvalue weighted by Crippen LogP contribution is -2.49. The van der Waals surface area contributed by atoms with Gasteiger partial charge in [-0.1, -0.05) is 66.4 Å². The zero-order valence-corrected chi connectivity index (χ0v) is 22.9. The molecule has 1 aliphatic heterocycles. The largest absolute Gasteiger partial charge is 0.354 e. The molecular weight excluding hydrogens is 537 g/mol. The van der Waals surface area contributed by atoms with Crippen molar-refractivity contribution in [3.63, 3.8) is 0 Å². The first-order valence-electron chi connectivity index (χ1n) is 12.1. The fourth-order valence-electron chi connectivity index (χ4n) is 4.32. The van der Waals surface area contributed by atoms with E-state index in [2.05, 4.69) is 14.6 Å². The molecular formula is C28H26N4O3S3. The minimum absolute atomic E-state index is 0.0814. The maximum Gasteiger partial charge on any atom is 0.262 e. The Morgan fingerprint density at radius 3 is 2.34 bits per heavy atom. The number of aromatic nitrogens is 1. The van der Waals surface area contributed by atoms with Crippen molar-refractivity contribution in [3.8, 4) is 0 Å². The summed E-state index contributed by atoms with van der Waals surface area (Å²) in [6.07, 6.45) is 3.59. The Labute approximate surface area is 231 Å². The monoisotopic (exact) mass is 562 g/mol. The van der Waals surface area contributed by atoms with Crippen LogP contribution in [0.25, 0.3) is 10.8 Å². The smallest absolute Gasteiger partial charge is 0.262 e. The molecule has 10 heteroatoms. The number of thiocarbonyl (C=S) groups is 1. The molecule has 4 aromatic rings. The number of fused-ring (bicyclic) bond motifs is 1. The van der Waals surface area contributed by atoms with Crippen LogP contribution in [-0.4, -0.2) is 59.6 Å². The molecule has 0 aliphatic carbocycles. The van der Waals surface area contributed by atoms with E-state index in [1.807, 2.05) is 42.6 Å². The van der Waals surface area contributed by atoms with E-state index in [-0.39, 0.29) is 10.8 Å². The molecule has 3 aromatic carbocycles. The van der Waals surface area contributed by atoms with Gasteiger partial charge in [-0.3, -0.25) is 14.5 Å². The first-order chi connectivity index (χ1) is 18.4. The summed E-state index contributed by atoms with van der Waals surface area (Å²) in [5, 5.41) is 1.51. The van der Waals surface area contributed by atoms with Crippen LogP contribution in [0.4, 0.5) is 5.69 Å². The highest BCUT2D eigenvalue weighted by molar-refractivity contribution is 8.22. The van der Waals surface area contributed by atoms with Crippen LogP contribution >= 0.6 is 24.0 Å². The third-order valence-corrected chi connectivity index (χ3v) is 9.37. The van der Waals surface area contributed by atoms with Crippen LogP contribution in [0.1, 0.15) is 15.9 Å². The molecule has 0 radical (unpaired) electrons. The van der Waals surface area contributed by atoms with Gasteiger partial charge in [0.25, 0.3) is 15.9 Å². The van der Waals surface area contributed by atoms with Gasteiger partial charge in [0.2, 0.25) is 0 Å². The van der Waals surface area contributed by atoms with E-state index in [1.54, 1.807) is 65.3 Å². The Balaban J connectivity index is 1.17. The van der Waals surface area contributed by atoms with Gasteiger partial charge in [0.05, 0.1) is 4.90 Å². The van der Waals surface area contributed by atoms with Gasteiger partial charge in [-0.15, -0.1) is 0 Å². The van der Waals surface area contributed by atoms with Crippen molar-refractivity contribution in [2.24, 2.45) is 0 Å². The molecule has 1 aliphatic rings. The topological polar surface area (TPSA) is 82.6 Å². The van der Waals surface area contributed by atoms with Crippen LogP contribution in [0.2, 0.25) is 0 Å². The number of hydrogen-bond donors (Lipinski definition) is 1. The summed E-state index contributed by atoms with van der Waals surface area (Å²) in [7, 11) is -3.80. The van der Waals surface area contributed by atoms with Crippen molar-refractivity contribution in [2.45, 2.75) is 10.6 Å². The summed E-state index contributed by atoms with van der Waals surface area (Å²) in [6, 6.07) is 23.0. The van der Waals surface area contributed by atoms with Crippen molar-refractivity contribution in [1.82, 2.24) is 14.8 Å². The number of amides is 1. The van der Waals surface area contributed by atoms with E-state index >= 15 is 0 Å². The number of anilines is 1. The van der Waals surface area contributed by atoms with E-state index in [0.29, 0.717) is 42.8 Å². The Hall–Kier alpha value is -3.47. The molecule has 2 heterocycles. The van der Waals surface area contributed by atoms with Crippen molar-refractivity contribution in [1.29, 1.82) is 0 Å². The maximum absolute atomic E-state index is 13.1. The lowest BCUT2D eigenvalue weighted by Gasteiger charge is -2.36. The second kappa shape index (κ2) is 11.5. The molecule has 1 amide bonds. The van der Waals surface area contributed by atoms with Crippen LogP contribution in [-0.2, 0) is 15.8 Å². The van der Waals surface area contributed by atoms with Gasteiger partial charge in [-0.25, -0.2) is 8.42 Å².